The fourth-order valence-corrected chi connectivity index (χ4v) is 2.96. The van der Waals surface area contributed by atoms with Crippen LogP contribution < -0.4 is 5.32 Å². The lowest BCUT2D eigenvalue weighted by molar-refractivity contribution is 0.149. The van der Waals surface area contributed by atoms with Crippen LogP contribution in [0.2, 0.25) is 0 Å². The van der Waals surface area contributed by atoms with Gasteiger partial charge in [-0.2, -0.15) is 0 Å². The Labute approximate surface area is 120 Å². The molecule has 1 saturated heterocycles. The average Bonchev–Trinajstić information content (AvgIpc) is 2.91. The maximum Gasteiger partial charge on any atom is 0.0555 e. The maximum absolute atomic E-state index is 9.52. The van der Waals surface area contributed by atoms with Gasteiger partial charge in [0.2, 0.25) is 0 Å². The fraction of sp³-hybridized carbons (Fsp3) is 1.00. The molecular formula is C16H36N2O. The number of rotatable bonds is 3. The Morgan fingerprint density at radius 2 is 1.58 bits per heavy atom. The highest BCUT2D eigenvalue weighted by Crippen LogP contribution is 2.24. The molecule has 3 heteroatoms. The summed E-state index contributed by atoms with van der Waals surface area (Å²) in [5.74, 6) is 0.869. The zero-order chi connectivity index (χ0) is 14.7. The van der Waals surface area contributed by atoms with Gasteiger partial charge in [-0.3, -0.25) is 0 Å². The highest BCUT2D eigenvalue weighted by Gasteiger charge is 2.27. The molecule has 0 bridgehead atoms. The molecule has 1 aliphatic heterocycles. The molecule has 116 valence electrons. The van der Waals surface area contributed by atoms with Gasteiger partial charge >= 0.3 is 0 Å². The van der Waals surface area contributed by atoms with Gasteiger partial charge in [-0.15, -0.1) is 0 Å². The summed E-state index contributed by atoms with van der Waals surface area (Å²) in [6.07, 6.45) is 5.77. The minimum Gasteiger partial charge on any atom is -0.393 e. The lowest BCUT2D eigenvalue weighted by Gasteiger charge is -2.31. The van der Waals surface area contributed by atoms with Crippen LogP contribution in [-0.2, 0) is 0 Å². The van der Waals surface area contributed by atoms with E-state index in [1.54, 1.807) is 0 Å². The lowest BCUT2D eigenvalue weighted by Crippen LogP contribution is -2.38. The van der Waals surface area contributed by atoms with Crippen molar-refractivity contribution in [2.45, 2.75) is 71.9 Å². The van der Waals surface area contributed by atoms with Gasteiger partial charge in [0.1, 0.15) is 0 Å². The second-order valence-corrected chi connectivity index (χ2v) is 5.25. The van der Waals surface area contributed by atoms with Crippen molar-refractivity contribution in [3.8, 4) is 0 Å². The summed E-state index contributed by atoms with van der Waals surface area (Å²) in [4.78, 5) is 2.48. The van der Waals surface area contributed by atoms with Crippen LogP contribution in [0.15, 0.2) is 0 Å². The molecular weight excluding hydrogens is 236 g/mol. The van der Waals surface area contributed by atoms with Gasteiger partial charge in [0.15, 0.2) is 0 Å². The van der Waals surface area contributed by atoms with Crippen molar-refractivity contribution in [3.05, 3.63) is 0 Å². The fourth-order valence-electron chi connectivity index (χ4n) is 2.96. The molecule has 2 rings (SSSR count). The molecule has 0 amide bonds. The normalized spacial score (nSPS) is 27.3. The second kappa shape index (κ2) is 11.7. The van der Waals surface area contributed by atoms with E-state index in [4.69, 9.17) is 0 Å². The number of hydrogen-bond donors (Lipinski definition) is 2. The summed E-state index contributed by atoms with van der Waals surface area (Å²) < 4.78 is 0. The molecule has 2 unspecified atom stereocenters. The van der Waals surface area contributed by atoms with E-state index in [1.165, 1.54) is 38.9 Å². The number of aliphatic hydroxyl groups is 1. The zero-order valence-corrected chi connectivity index (χ0v) is 13.8. The Morgan fingerprint density at radius 3 is 2.05 bits per heavy atom. The first-order valence-corrected chi connectivity index (χ1v) is 8.34. The minimum absolute atomic E-state index is 0.0366. The van der Waals surface area contributed by atoms with Gasteiger partial charge in [-0.05, 0) is 58.2 Å². The summed E-state index contributed by atoms with van der Waals surface area (Å²) in [5, 5.41) is 12.9. The molecule has 0 radical (unpaired) electrons. The van der Waals surface area contributed by atoms with Crippen molar-refractivity contribution in [2.24, 2.45) is 5.92 Å². The number of piperidine rings is 1. The van der Waals surface area contributed by atoms with Crippen LogP contribution in [0, 0.1) is 5.92 Å². The molecule has 1 saturated carbocycles. The lowest BCUT2D eigenvalue weighted by atomic mass is 9.97. The van der Waals surface area contributed by atoms with Crippen molar-refractivity contribution in [2.75, 3.05) is 26.7 Å². The number of aliphatic hydroxyl groups excluding tert-OH is 1. The van der Waals surface area contributed by atoms with Gasteiger partial charge in [-0.1, -0.05) is 27.7 Å². The van der Waals surface area contributed by atoms with E-state index in [-0.39, 0.29) is 6.10 Å². The molecule has 19 heavy (non-hydrogen) atoms. The van der Waals surface area contributed by atoms with Gasteiger partial charge < -0.3 is 15.3 Å². The van der Waals surface area contributed by atoms with Crippen LogP contribution in [0.1, 0.15) is 59.8 Å². The third kappa shape index (κ3) is 7.28. The first-order valence-electron chi connectivity index (χ1n) is 8.34. The summed E-state index contributed by atoms with van der Waals surface area (Å²) >= 11 is 0. The van der Waals surface area contributed by atoms with Gasteiger partial charge in [0.25, 0.3) is 0 Å². The van der Waals surface area contributed by atoms with E-state index < -0.39 is 0 Å². The standard InChI is InChI=1S/C12H24N2O.2C2H6/c1-14(11-2-3-12(15)8-11)9-10-4-6-13-7-5-10;2*1-2/h10-13,15H,2-9H2,1H3;2*1-2H3. The Balaban J connectivity index is 0.000000741. The van der Waals surface area contributed by atoms with Crippen LogP contribution in [0.25, 0.3) is 0 Å². The zero-order valence-electron chi connectivity index (χ0n) is 13.8. The van der Waals surface area contributed by atoms with Gasteiger partial charge in [-0.25, -0.2) is 0 Å². The van der Waals surface area contributed by atoms with Crippen LogP contribution in [0.3, 0.4) is 0 Å². The van der Waals surface area contributed by atoms with Gasteiger partial charge in [0, 0.05) is 12.6 Å². The smallest absolute Gasteiger partial charge is 0.0555 e. The number of nitrogens with zero attached hydrogens (tertiary/aromatic N) is 1. The van der Waals surface area contributed by atoms with Crippen molar-refractivity contribution in [1.82, 2.24) is 10.2 Å². The Morgan fingerprint density at radius 1 is 1.00 bits per heavy atom. The molecule has 1 aliphatic carbocycles. The summed E-state index contributed by atoms with van der Waals surface area (Å²) in [7, 11) is 2.23. The molecule has 2 aliphatic rings. The minimum atomic E-state index is -0.0366. The van der Waals surface area contributed by atoms with E-state index >= 15 is 0 Å². The summed E-state index contributed by atoms with van der Waals surface area (Å²) in [6, 6.07) is 0.634. The molecule has 2 N–H and O–H groups in total. The van der Waals surface area contributed by atoms with Crippen LogP contribution >= 0.6 is 0 Å². The first kappa shape index (κ1) is 18.9. The van der Waals surface area contributed by atoms with Crippen molar-refractivity contribution < 1.29 is 5.11 Å². The molecule has 2 atom stereocenters. The molecule has 2 fully saturated rings. The van der Waals surface area contributed by atoms with E-state index in [0.717, 1.165) is 18.8 Å². The maximum atomic E-state index is 9.52. The van der Waals surface area contributed by atoms with E-state index in [1.807, 2.05) is 27.7 Å². The number of hydrogen-bond acceptors (Lipinski definition) is 3. The number of nitrogens with one attached hydrogen (secondary N) is 1. The SMILES string of the molecule is CC.CC.CN(CC1CCNCC1)C1CCC(O)C1. The molecule has 1 heterocycles. The topological polar surface area (TPSA) is 35.5 Å². The van der Waals surface area contributed by atoms with Crippen LogP contribution in [0.4, 0.5) is 0 Å². The molecule has 3 nitrogen and oxygen atoms in total. The Hall–Kier alpha value is -0.120. The van der Waals surface area contributed by atoms with Gasteiger partial charge in [0.05, 0.1) is 6.10 Å². The predicted octanol–water partition coefficient (Wildman–Crippen LogP) is 2.88. The van der Waals surface area contributed by atoms with Crippen molar-refractivity contribution >= 4 is 0 Å². The second-order valence-electron chi connectivity index (χ2n) is 5.25. The van der Waals surface area contributed by atoms with E-state index in [0.29, 0.717) is 6.04 Å². The molecule has 0 spiro atoms. The van der Waals surface area contributed by atoms with Crippen LogP contribution in [-0.4, -0.2) is 48.8 Å². The van der Waals surface area contributed by atoms with Crippen molar-refractivity contribution in [1.29, 1.82) is 0 Å². The van der Waals surface area contributed by atoms with E-state index in [9.17, 15) is 5.11 Å². The Kier molecular flexibility index (Phi) is 11.6. The largest absolute Gasteiger partial charge is 0.393 e. The quantitative estimate of drug-likeness (QED) is 0.829. The summed E-state index contributed by atoms with van der Waals surface area (Å²) in [5.41, 5.74) is 0. The summed E-state index contributed by atoms with van der Waals surface area (Å²) in [6.45, 7) is 11.6. The highest BCUT2D eigenvalue weighted by atomic mass is 16.3. The molecule has 0 aromatic rings. The monoisotopic (exact) mass is 272 g/mol. The molecule has 0 aromatic carbocycles. The first-order chi connectivity index (χ1) is 9.25. The highest BCUT2D eigenvalue weighted by molar-refractivity contribution is 4.82. The average molecular weight is 272 g/mol. The van der Waals surface area contributed by atoms with Crippen LogP contribution in [0.5, 0.6) is 0 Å². The Bertz CT molecular complexity index is 193. The third-order valence-electron chi connectivity index (χ3n) is 4.01. The third-order valence-corrected chi connectivity index (χ3v) is 4.01. The van der Waals surface area contributed by atoms with Crippen molar-refractivity contribution in [3.63, 3.8) is 0 Å². The molecule has 0 aromatic heterocycles. The predicted molar refractivity (Wildman–Crippen MR) is 84.6 cm³/mol. The van der Waals surface area contributed by atoms with E-state index in [2.05, 4.69) is 17.3 Å².